The minimum Gasteiger partial charge on any atom is -0.360 e. The van der Waals surface area contributed by atoms with E-state index in [0.29, 0.717) is 12.6 Å². The Bertz CT molecular complexity index is 636. The van der Waals surface area contributed by atoms with Crippen LogP contribution >= 0.6 is 0 Å². The van der Waals surface area contributed by atoms with E-state index in [0.717, 1.165) is 16.5 Å². The van der Waals surface area contributed by atoms with Gasteiger partial charge in [-0.25, -0.2) is 0 Å². The zero-order chi connectivity index (χ0) is 14.1. The third-order valence-electron chi connectivity index (χ3n) is 4.34. The molecule has 1 fully saturated rings. The van der Waals surface area contributed by atoms with Crippen molar-refractivity contribution in [3.63, 3.8) is 0 Å². The summed E-state index contributed by atoms with van der Waals surface area (Å²) in [5.74, 6) is 0.188. The second-order valence-electron chi connectivity index (χ2n) is 5.99. The molecule has 1 aliphatic rings. The van der Waals surface area contributed by atoms with E-state index >= 15 is 0 Å². The Morgan fingerprint density at radius 2 is 2.05 bits per heavy atom. The molecule has 1 aromatic carbocycles. The Kier molecular flexibility index (Phi) is 3.62. The van der Waals surface area contributed by atoms with Crippen LogP contribution in [0.3, 0.4) is 0 Å². The highest BCUT2D eigenvalue weighted by atomic mass is 16.1. The zero-order valence-electron chi connectivity index (χ0n) is 12.3. The molecule has 0 unspecified atom stereocenters. The average Bonchev–Trinajstić information content (AvgIpc) is 3.04. The molecule has 0 bridgehead atoms. The van der Waals surface area contributed by atoms with E-state index in [2.05, 4.69) is 36.3 Å². The van der Waals surface area contributed by atoms with E-state index in [-0.39, 0.29) is 5.78 Å². The molecule has 1 aromatic heterocycles. The van der Waals surface area contributed by atoms with Crippen molar-refractivity contribution >= 4 is 16.7 Å². The number of ketones is 1. The molecule has 1 heterocycles. The SMILES string of the molecule is Cc1cc(C)c2[nH]cc(C(=O)CNC3CCCC3)c2c1. The molecule has 0 radical (unpaired) electrons. The fourth-order valence-corrected chi connectivity index (χ4v) is 3.29. The summed E-state index contributed by atoms with van der Waals surface area (Å²) in [5, 5.41) is 4.46. The highest BCUT2D eigenvalue weighted by Gasteiger charge is 2.18. The first-order valence-corrected chi connectivity index (χ1v) is 7.50. The van der Waals surface area contributed by atoms with Crippen LogP contribution in [0.25, 0.3) is 10.9 Å². The number of nitrogens with one attached hydrogen (secondary N) is 2. The second-order valence-corrected chi connectivity index (χ2v) is 5.99. The molecule has 2 N–H and O–H groups in total. The number of H-pyrrole nitrogens is 1. The van der Waals surface area contributed by atoms with Gasteiger partial charge in [0.1, 0.15) is 0 Å². The van der Waals surface area contributed by atoms with Crippen molar-refractivity contribution in [2.45, 2.75) is 45.6 Å². The van der Waals surface area contributed by atoms with E-state index in [4.69, 9.17) is 0 Å². The number of fused-ring (bicyclic) bond motifs is 1. The minimum atomic E-state index is 0.188. The molecule has 20 heavy (non-hydrogen) atoms. The van der Waals surface area contributed by atoms with Crippen molar-refractivity contribution in [2.24, 2.45) is 0 Å². The predicted molar refractivity (Wildman–Crippen MR) is 82.4 cm³/mol. The molecule has 1 saturated carbocycles. The van der Waals surface area contributed by atoms with Gasteiger partial charge in [0.2, 0.25) is 0 Å². The normalized spacial score (nSPS) is 16.1. The summed E-state index contributed by atoms with van der Waals surface area (Å²) in [7, 11) is 0. The van der Waals surface area contributed by atoms with Crippen molar-refractivity contribution < 1.29 is 4.79 Å². The predicted octanol–water partition coefficient (Wildman–Crippen LogP) is 3.50. The van der Waals surface area contributed by atoms with Gasteiger partial charge in [0.25, 0.3) is 0 Å². The number of rotatable bonds is 4. The number of aryl methyl sites for hydroxylation is 2. The number of carbonyl (C=O) groups is 1. The molecule has 3 heteroatoms. The van der Waals surface area contributed by atoms with Gasteiger partial charge in [-0.1, -0.05) is 24.5 Å². The number of benzene rings is 1. The second kappa shape index (κ2) is 5.41. The number of carbonyl (C=O) groups excluding carboxylic acids is 1. The molecule has 0 saturated heterocycles. The lowest BCUT2D eigenvalue weighted by Gasteiger charge is -2.10. The van der Waals surface area contributed by atoms with Gasteiger partial charge < -0.3 is 10.3 Å². The number of hydrogen-bond donors (Lipinski definition) is 2. The highest BCUT2D eigenvalue weighted by Crippen LogP contribution is 2.24. The Labute approximate surface area is 119 Å². The lowest BCUT2D eigenvalue weighted by atomic mass is 10.0. The molecular formula is C17H22N2O. The maximum absolute atomic E-state index is 12.4. The third kappa shape index (κ3) is 2.50. The Balaban J connectivity index is 1.80. The summed E-state index contributed by atoms with van der Waals surface area (Å²) in [5.41, 5.74) is 4.30. The van der Waals surface area contributed by atoms with Crippen LogP contribution in [0.5, 0.6) is 0 Å². The first kappa shape index (κ1) is 13.4. The highest BCUT2D eigenvalue weighted by molar-refractivity contribution is 6.09. The zero-order valence-corrected chi connectivity index (χ0v) is 12.3. The first-order valence-electron chi connectivity index (χ1n) is 7.50. The number of aromatic amines is 1. The topological polar surface area (TPSA) is 44.9 Å². The Hall–Kier alpha value is -1.61. The molecule has 0 aliphatic heterocycles. The van der Waals surface area contributed by atoms with Crippen molar-refractivity contribution in [1.29, 1.82) is 0 Å². The van der Waals surface area contributed by atoms with Gasteiger partial charge in [-0.2, -0.15) is 0 Å². The monoisotopic (exact) mass is 270 g/mol. The van der Waals surface area contributed by atoms with Crippen molar-refractivity contribution in [3.8, 4) is 0 Å². The maximum atomic E-state index is 12.4. The molecule has 0 amide bonds. The lowest BCUT2D eigenvalue weighted by molar-refractivity contribution is 0.0989. The van der Waals surface area contributed by atoms with Crippen LogP contribution in [0, 0.1) is 13.8 Å². The Morgan fingerprint density at radius 3 is 2.80 bits per heavy atom. The third-order valence-corrected chi connectivity index (χ3v) is 4.34. The van der Waals surface area contributed by atoms with Crippen LogP contribution in [0.2, 0.25) is 0 Å². The van der Waals surface area contributed by atoms with E-state index in [9.17, 15) is 4.79 Å². The van der Waals surface area contributed by atoms with Crippen LogP contribution in [0.1, 0.15) is 47.2 Å². The molecular weight excluding hydrogens is 248 g/mol. The van der Waals surface area contributed by atoms with Crippen LogP contribution in [0.4, 0.5) is 0 Å². The summed E-state index contributed by atoms with van der Waals surface area (Å²) >= 11 is 0. The standard InChI is InChI=1S/C17H22N2O/c1-11-7-12(2)17-14(8-11)15(9-19-17)16(20)10-18-13-5-3-4-6-13/h7-9,13,18-19H,3-6,10H2,1-2H3. The van der Waals surface area contributed by atoms with Gasteiger partial charge in [-0.15, -0.1) is 0 Å². The molecule has 106 valence electrons. The van der Waals surface area contributed by atoms with E-state index in [1.807, 2.05) is 6.20 Å². The molecule has 3 rings (SSSR count). The van der Waals surface area contributed by atoms with Crippen LogP contribution in [0.15, 0.2) is 18.3 Å². The Morgan fingerprint density at radius 1 is 1.30 bits per heavy atom. The number of aromatic nitrogens is 1. The molecule has 0 atom stereocenters. The first-order chi connectivity index (χ1) is 9.65. The summed E-state index contributed by atoms with van der Waals surface area (Å²) in [6.45, 7) is 4.60. The minimum absolute atomic E-state index is 0.188. The van der Waals surface area contributed by atoms with E-state index in [1.54, 1.807) is 0 Å². The van der Waals surface area contributed by atoms with E-state index < -0.39 is 0 Å². The summed E-state index contributed by atoms with van der Waals surface area (Å²) in [6.07, 6.45) is 6.85. The summed E-state index contributed by atoms with van der Waals surface area (Å²) in [4.78, 5) is 15.7. The van der Waals surface area contributed by atoms with Gasteiger partial charge in [-0.05, 0) is 38.3 Å². The van der Waals surface area contributed by atoms with Crippen molar-refractivity contribution in [3.05, 3.63) is 35.0 Å². The largest absolute Gasteiger partial charge is 0.360 e. The molecule has 0 spiro atoms. The molecule has 1 aliphatic carbocycles. The van der Waals surface area contributed by atoms with Crippen LogP contribution in [-0.4, -0.2) is 23.4 Å². The average molecular weight is 270 g/mol. The van der Waals surface area contributed by atoms with Gasteiger partial charge in [-0.3, -0.25) is 4.79 Å². The lowest BCUT2D eigenvalue weighted by Crippen LogP contribution is -2.31. The van der Waals surface area contributed by atoms with Crippen molar-refractivity contribution in [1.82, 2.24) is 10.3 Å². The van der Waals surface area contributed by atoms with Crippen molar-refractivity contribution in [2.75, 3.05) is 6.54 Å². The quantitative estimate of drug-likeness (QED) is 0.835. The van der Waals surface area contributed by atoms with Gasteiger partial charge in [0.05, 0.1) is 6.54 Å². The molecule has 3 nitrogen and oxygen atoms in total. The fourth-order valence-electron chi connectivity index (χ4n) is 3.29. The summed E-state index contributed by atoms with van der Waals surface area (Å²) < 4.78 is 0. The van der Waals surface area contributed by atoms with Crippen LogP contribution < -0.4 is 5.32 Å². The number of Topliss-reactive ketones (excluding diaryl/α,β-unsaturated/α-hetero) is 1. The maximum Gasteiger partial charge on any atom is 0.178 e. The van der Waals surface area contributed by atoms with Gasteiger partial charge in [0, 0.05) is 28.7 Å². The summed E-state index contributed by atoms with van der Waals surface area (Å²) in [6, 6.07) is 4.78. The smallest absolute Gasteiger partial charge is 0.178 e. The molecule has 2 aromatic rings. The van der Waals surface area contributed by atoms with E-state index in [1.165, 1.54) is 36.8 Å². The van der Waals surface area contributed by atoms with Crippen LogP contribution in [-0.2, 0) is 0 Å². The van der Waals surface area contributed by atoms with Gasteiger partial charge in [0.15, 0.2) is 5.78 Å². The van der Waals surface area contributed by atoms with Gasteiger partial charge >= 0.3 is 0 Å². The fraction of sp³-hybridized carbons (Fsp3) is 0.471. The number of hydrogen-bond acceptors (Lipinski definition) is 2.